The molecular weight excluding hydrogens is 344 g/mol. The molecule has 0 aromatic carbocycles. The fourth-order valence-corrected chi connectivity index (χ4v) is 2.90. The molecule has 3 aromatic rings. The Morgan fingerprint density at radius 2 is 1.78 bits per heavy atom. The monoisotopic (exact) mass is 364 g/mol. The highest BCUT2D eigenvalue weighted by molar-refractivity contribution is 5.93. The quantitative estimate of drug-likeness (QED) is 0.705. The lowest BCUT2D eigenvalue weighted by molar-refractivity contribution is 0.0298. The summed E-state index contributed by atoms with van der Waals surface area (Å²) in [4.78, 5) is 27.7. The fourth-order valence-electron chi connectivity index (χ4n) is 2.90. The van der Waals surface area contributed by atoms with Gasteiger partial charge < -0.3 is 9.64 Å². The number of pyridine rings is 1. The maximum atomic E-state index is 12.9. The Labute approximate surface area is 156 Å². The minimum atomic E-state index is -0.113. The van der Waals surface area contributed by atoms with Crippen LogP contribution in [0.3, 0.4) is 0 Å². The Hall–Kier alpha value is -3.13. The first kappa shape index (κ1) is 17.3. The molecule has 0 atom stereocenters. The topological polar surface area (TPSA) is 86.0 Å². The second kappa shape index (κ2) is 7.24. The summed E-state index contributed by atoms with van der Waals surface area (Å²) in [5.41, 5.74) is 4.21. The molecule has 27 heavy (non-hydrogen) atoms. The number of hydrogen-bond donors (Lipinski definition) is 0. The highest BCUT2D eigenvalue weighted by atomic mass is 16.5. The molecule has 8 heteroatoms. The van der Waals surface area contributed by atoms with Crippen LogP contribution in [-0.2, 0) is 4.74 Å². The summed E-state index contributed by atoms with van der Waals surface area (Å²) in [5.74, 6) is -0.113. The molecule has 1 fully saturated rings. The van der Waals surface area contributed by atoms with Crippen molar-refractivity contribution in [3.63, 3.8) is 0 Å². The number of carbonyl (C=O) groups is 1. The molecule has 0 N–H and O–H groups in total. The van der Waals surface area contributed by atoms with Crippen LogP contribution in [-0.4, -0.2) is 61.8 Å². The van der Waals surface area contributed by atoms with Crippen LogP contribution in [0.25, 0.3) is 17.1 Å². The molecule has 1 saturated heterocycles. The molecule has 3 aromatic heterocycles. The van der Waals surface area contributed by atoms with Crippen LogP contribution in [0.2, 0.25) is 0 Å². The predicted octanol–water partition coefficient (Wildman–Crippen LogP) is 1.81. The normalized spacial score (nSPS) is 14.4. The van der Waals surface area contributed by atoms with Crippen molar-refractivity contribution in [2.24, 2.45) is 0 Å². The Bertz CT molecular complexity index is 880. The largest absolute Gasteiger partial charge is 0.378 e. The first-order valence-electron chi connectivity index (χ1n) is 8.81. The molecule has 0 unspecified atom stereocenters. The summed E-state index contributed by atoms with van der Waals surface area (Å²) in [5, 5.41) is 4.56. The van der Waals surface area contributed by atoms with Crippen molar-refractivity contribution in [1.29, 1.82) is 0 Å². The van der Waals surface area contributed by atoms with Gasteiger partial charge in [-0.2, -0.15) is 5.10 Å². The van der Waals surface area contributed by atoms with Crippen molar-refractivity contribution in [1.82, 2.24) is 29.6 Å². The first-order valence-corrected chi connectivity index (χ1v) is 8.81. The summed E-state index contributed by atoms with van der Waals surface area (Å²) in [6.07, 6.45) is 5.12. The minimum Gasteiger partial charge on any atom is -0.378 e. The smallest absolute Gasteiger partial charge is 0.274 e. The number of carbonyl (C=O) groups excluding carboxylic acids is 1. The van der Waals surface area contributed by atoms with Crippen molar-refractivity contribution in [3.8, 4) is 17.1 Å². The van der Waals surface area contributed by atoms with Crippen molar-refractivity contribution >= 4 is 5.91 Å². The van der Waals surface area contributed by atoms with E-state index in [2.05, 4.69) is 20.1 Å². The van der Waals surface area contributed by atoms with Crippen molar-refractivity contribution in [2.75, 3.05) is 26.3 Å². The number of aryl methyl sites for hydroxylation is 2. The van der Waals surface area contributed by atoms with Gasteiger partial charge >= 0.3 is 0 Å². The molecule has 4 rings (SSSR count). The van der Waals surface area contributed by atoms with E-state index < -0.39 is 0 Å². The van der Waals surface area contributed by atoms with E-state index in [1.807, 2.05) is 26.0 Å². The second-order valence-corrected chi connectivity index (χ2v) is 6.43. The van der Waals surface area contributed by atoms with Crippen molar-refractivity contribution in [2.45, 2.75) is 13.8 Å². The van der Waals surface area contributed by atoms with Gasteiger partial charge in [0.1, 0.15) is 5.69 Å². The Morgan fingerprint density at radius 1 is 1.00 bits per heavy atom. The van der Waals surface area contributed by atoms with Gasteiger partial charge in [0.15, 0.2) is 5.69 Å². The molecule has 0 radical (unpaired) electrons. The van der Waals surface area contributed by atoms with E-state index in [0.717, 1.165) is 17.1 Å². The van der Waals surface area contributed by atoms with Crippen LogP contribution in [0.4, 0.5) is 0 Å². The zero-order valence-electron chi connectivity index (χ0n) is 15.3. The van der Waals surface area contributed by atoms with E-state index in [4.69, 9.17) is 4.74 Å². The van der Waals surface area contributed by atoms with Gasteiger partial charge in [-0.25, -0.2) is 4.68 Å². The van der Waals surface area contributed by atoms with Gasteiger partial charge in [-0.15, -0.1) is 0 Å². The summed E-state index contributed by atoms with van der Waals surface area (Å²) < 4.78 is 7.02. The van der Waals surface area contributed by atoms with Gasteiger partial charge in [-0.1, -0.05) is 0 Å². The van der Waals surface area contributed by atoms with Crippen LogP contribution < -0.4 is 0 Å². The lowest BCUT2D eigenvalue weighted by Gasteiger charge is -2.25. The van der Waals surface area contributed by atoms with Crippen LogP contribution >= 0.6 is 0 Å². The van der Waals surface area contributed by atoms with E-state index in [0.29, 0.717) is 43.4 Å². The molecule has 1 aliphatic rings. The van der Waals surface area contributed by atoms with Crippen molar-refractivity contribution in [3.05, 3.63) is 53.9 Å². The molecule has 138 valence electrons. The SMILES string of the molecule is Cc1ccc(-n2nc(C(=O)N3CCOCC3)cc2-c2cnc(C)cn2)cn1. The third-order valence-corrected chi connectivity index (χ3v) is 4.41. The number of ether oxygens (including phenoxy) is 1. The van der Waals surface area contributed by atoms with E-state index in [-0.39, 0.29) is 5.91 Å². The highest BCUT2D eigenvalue weighted by Gasteiger charge is 2.23. The molecule has 1 aliphatic heterocycles. The number of morpholine rings is 1. The lowest BCUT2D eigenvalue weighted by Crippen LogP contribution is -2.40. The van der Waals surface area contributed by atoms with Gasteiger partial charge in [0.05, 0.1) is 42.7 Å². The molecule has 4 heterocycles. The maximum Gasteiger partial charge on any atom is 0.274 e. The summed E-state index contributed by atoms with van der Waals surface area (Å²) in [6, 6.07) is 5.59. The van der Waals surface area contributed by atoms with E-state index in [1.165, 1.54) is 0 Å². The molecule has 0 bridgehead atoms. The van der Waals surface area contributed by atoms with Crippen LogP contribution in [0.15, 0.2) is 36.8 Å². The van der Waals surface area contributed by atoms with Crippen molar-refractivity contribution < 1.29 is 9.53 Å². The van der Waals surface area contributed by atoms with Crippen LogP contribution in [0, 0.1) is 13.8 Å². The third-order valence-electron chi connectivity index (χ3n) is 4.41. The van der Waals surface area contributed by atoms with Gasteiger partial charge in [-0.05, 0) is 32.0 Å². The summed E-state index contributed by atoms with van der Waals surface area (Å²) in [7, 11) is 0. The number of nitrogens with zero attached hydrogens (tertiary/aromatic N) is 6. The second-order valence-electron chi connectivity index (χ2n) is 6.43. The first-order chi connectivity index (χ1) is 13.1. The number of amides is 1. The van der Waals surface area contributed by atoms with Crippen LogP contribution in [0.1, 0.15) is 21.9 Å². The molecule has 1 amide bonds. The van der Waals surface area contributed by atoms with E-state index in [9.17, 15) is 4.79 Å². The van der Waals surface area contributed by atoms with E-state index in [1.54, 1.807) is 34.2 Å². The average molecular weight is 364 g/mol. The van der Waals surface area contributed by atoms with Gasteiger partial charge in [0.25, 0.3) is 5.91 Å². The highest BCUT2D eigenvalue weighted by Crippen LogP contribution is 2.23. The van der Waals surface area contributed by atoms with Crippen LogP contribution in [0.5, 0.6) is 0 Å². The van der Waals surface area contributed by atoms with Gasteiger partial charge in [0, 0.05) is 25.0 Å². The zero-order chi connectivity index (χ0) is 18.8. The molecule has 0 aliphatic carbocycles. The third kappa shape index (κ3) is 3.56. The lowest BCUT2D eigenvalue weighted by atomic mass is 10.2. The molecule has 0 spiro atoms. The zero-order valence-corrected chi connectivity index (χ0v) is 15.3. The molecule has 8 nitrogen and oxygen atoms in total. The van der Waals surface area contributed by atoms with Gasteiger partial charge in [-0.3, -0.25) is 19.7 Å². The fraction of sp³-hybridized carbons (Fsp3) is 0.316. The number of aromatic nitrogens is 5. The Morgan fingerprint density at radius 3 is 2.44 bits per heavy atom. The van der Waals surface area contributed by atoms with Gasteiger partial charge in [0.2, 0.25) is 0 Å². The maximum absolute atomic E-state index is 12.9. The summed E-state index contributed by atoms with van der Waals surface area (Å²) in [6.45, 7) is 6.03. The number of hydrogen-bond acceptors (Lipinski definition) is 6. The molecular formula is C19H20N6O2. The average Bonchev–Trinajstić information content (AvgIpc) is 3.14. The van der Waals surface area contributed by atoms with E-state index >= 15 is 0 Å². The summed E-state index contributed by atoms with van der Waals surface area (Å²) >= 11 is 0. The Balaban J connectivity index is 1.77. The Kier molecular flexibility index (Phi) is 4.64. The minimum absolute atomic E-state index is 0.113. The standard InChI is InChI=1S/C19H20N6O2/c1-13-3-4-15(11-20-13)25-18(17-12-21-14(2)10-22-17)9-16(23-25)19(26)24-5-7-27-8-6-24/h3-4,9-12H,5-8H2,1-2H3. The molecule has 0 saturated carbocycles. The number of rotatable bonds is 3. The predicted molar refractivity (Wildman–Crippen MR) is 98.6 cm³/mol.